The van der Waals surface area contributed by atoms with E-state index in [2.05, 4.69) is 5.32 Å². The number of hydrogen-bond donors (Lipinski definition) is 2. The number of nitrogens with two attached hydrogens (primary N) is 1. The molecule has 5 heteroatoms. The van der Waals surface area contributed by atoms with Crippen LogP contribution in [-0.2, 0) is 23.3 Å². The summed E-state index contributed by atoms with van der Waals surface area (Å²) in [5.74, 6) is 0.473. The molecule has 1 saturated carbocycles. The summed E-state index contributed by atoms with van der Waals surface area (Å²) in [7, 11) is 0. The molecule has 25 heavy (non-hydrogen) atoms. The minimum absolute atomic E-state index is 0.0148. The van der Waals surface area contributed by atoms with Crippen molar-refractivity contribution >= 4 is 5.91 Å². The van der Waals surface area contributed by atoms with Crippen LogP contribution in [0.1, 0.15) is 29.5 Å². The third kappa shape index (κ3) is 2.78. The minimum Gasteiger partial charge on any atom is -0.493 e. The molecule has 4 nitrogen and oxygen atoms in total. The first kappa shape index (κ1) is 16.1. The highest BCUT2D eigenvalue weighted by molar-refractivity contribution is 5.84. The van der Waals surface area contributed by atoms with Crippen molar-refractivity contribution in [2.24, 2.45) is 11.7 Å². The Morgan fingerprint density at radius 1 is 1.32 bits per heavy atom. The molecule has 2 aromatic carbocycles. The van der Waals surface area contributed by atoms with Crippen molar-refractivity contribution in [3.05, 3.63) is 65.0 Å². The molecule has 0 aromatic heterocycles. The number of rotatable bonds is 4. The van der Waals surface area contributed by atoms with Gasteiger partial charge in [0, 0.05) is 35.5 Å². The third-order valence-electron chi connectivity index (χ3n) is 5.43. The summed E-state index contributed by atoms with van der Waals surface area (Å²) >= 11 is 0. The van der Waals surface area contributed by atoms with Crippen molar-refractivity contribution < 1.29 is 13.9 Å². The topological polar surface area (TPSA) is 64.3 Å². The molecule has 0 saturated heterocycles. The van der Waals surface area contributed by atoms with Gasteiger partial charge in [-0.05, 0) is 30.5 Å². The first-order chi connectivity index (χ1) is 12.1. The highest BCUT2D eigenvalue weighted by Crippen LogP contribution is 2.60. The normalized spacial score (nSPS) is 23.7. The zero-order valence-corrected chi connectivity index (χ0v) is 13.9. The maximum atomic E-state index is 14.0. The SMILES string of the molecule is NCc1ccc(CNC(=O)C2CC23CCOc2ccccc23)c(F)c1. The molecule has 1 fully saturated rings. The highest BCUT2D eigenvalue weighted by atomic mass is 19.1. The van der Waals surface area contributed by atoms with Crippen LogP contribution in [0.15, 0.2) is 42.5 Å². The van der Waals surface area contributed by atoms with Gasteiger partial charge in [0.15, 0.2) is 0 Å². The van der Waals surface area contributed by atoms with Gasteiger partial charge in [-0.25, -0.2) is 4.39 Å². The zero-order valence-electron chi connectivity index (χ0n) is 13.9. The number of fused-ring (bicyclic) bond motifs is 2. The molecular weight excluding hydrogens is 319 g/mol. The number of halogens is 1. The van der Waals surface area contributed by atoms with E-state index in [1.807, 2.05) is 24.3 Å². The van der Waals surface area contributed by atoms with E-state index in [1.54, 1.807) is 12.1 Å². The van der Waals surface area contributed by atoms with Gasteiger partial charge >= 0.3 is 0 Å². The summed E-state index contributed by atoms with van der Waals surface area (Å²) in [6, 6.07) is 12.8. The van der Waals surface area contributed by atoms with Gasteiger partial charge in [-0.2, -0.15) is 0 Å². The van der Waals surface area contributed by atoms with Crippen LogP contribution in [0.25, 0.3) is 0 Å². The molecule has 3 N–H and O–H groups in total. The van der Waals surface area contributed by atoms with Crippen molar-refractivity contribution in [3.8, 4) is 5.75 Å². The Labute approximate surface area is 146 Å². The van der Waals surface area contributed by atoms with Crippen LogP contribution in [0, 0.1) is 11.7 Å². The lowest BCUT2D eigenvalue weighted by molar-refractivity contribution is -0.123. The molecule has 130 valence electrons. The number of carbonyl (C=O) groups excluding carboxylic acids is 1. The van der Waals surface area contributed by atoms with Gasteiger partial charge in [-0.15, -0.1) is 0 Å². The van der Waals surface area contributed by atoms with E-state index < -0.39 is 0 Å². The summed E-state index contributed by atoms with van der Waals surface area (Å²) in [5.41, 5.74) is 7.75. The molecule has 1 spiro atoms. The fourth-order valence-corrected chi connectivity index (χ4v) is 3.87. The summed E-state index contributed by atoms with van der Waals surface area (Å²) in [5, 5.41) is 2.89. The van der Waals surface area contributed by atoms with Gasteiger partial charge in [-0.1, -0.05) is 30.3 Å². The van der Waals surface area contributed by atoms with Gasteiger partial charge in [0.1, 0.15) is 11.6 Å². The van der Waals surface area contributed by atoms with Gasteiger partial charge in [0.2, 0.25) is 5.91 Å². The first-order valence-corrected chi connectivity index (χ1v) is 8.61. The number of nitrogens with one attached hydrogen (secondary N) is 1. The average molecular weight is 340 g/mol. The van der Waals surface area contributed by atoms with Crippen molar-refractivity contribution in [3.63, 3.8) is 0 Å². The monoisotopic (exact) mass is 340 g/mol. The molecule has 1 amide bonds. The van der Waals surface area contributed by atoms with Gasteiger partial charge < -0.3 is 15.8 Å². The van der Waals surface area contributed by atoms with Crippen molar-refractivity contribution in [2.45, 2.75) is 31.3 Å². The fourth-order valence-electron chi connectivity index (χ4n) is 3.87. The molecule has 0 bridgehead atoms. The number of para-hydroxylation sites is 1. The smallest absolute Gasteiger partial charge is 0.224 e. The van der Waals surface area contributed by atoms with Crippen molar-refractivity contribution in [1.82, 2.24) is 5.32 Å². The molecule has 0 radical (unpaired) electrons. The van der Waals surface area contributed by atoms with Crippen LogP contribution < -0.4 is 15.8 Å². The Bertz CT molecular complexity index is 823. The molecule has 2 aliphatic rings. The third-order valence-corrected chi connectivity index (χ3v) is 5.43. The predicted molar refractivity (Wildman–Crippen MR) is 92.5 cm³/mol. The van der Waals surface area contributed by atoms with E-state index in [0.717, 1.165) is 29.7 Å². The van der Waals surface area contributed by atoms with E-state index >= 15 is 0 Å². The van der Waals surface area contributed by atoms with Gasteiger partial charge in [0.05, 0.1) is 6.61 Å². The number of amides is 1. The largest absolute Gasteiger partial charge is 0.493 e. The van der Waals surface area contributed by atoms with E-state index in [-0.39, 0.29) is 29.6 Å². The Morgan fingerprint density at radius 3 is 2.96 bits per heavy atom. The van der Waals surface area contributed by atoms with Crippen LogP contribution in [0.5, 0.6) is 5.75 Å². The van der Waals surface area contributed by atoms with E-state index in [1.165, 1.54) is 6.07 Å². The summed E-state index contributed by atoms with van der Waals surface area (Å²) in [4.78, 5) is 12.6. The molecule has 2 unspecified atom stereocenters. The summed E-state index contributed by atoms with van der Waals surface area (Å²) < 4.78 is 19.7. The van der Waals surface area contributed by atoms with Crippen LogP contribution >= 0.6 is 0 Å². The van der Waals surface area contributed by atoms with Crippen LogP contribution in [0.2, 0.25) is 0 Å². The molecule has 1 heterocycles. The Kier molecular flexibility index (Phi) is 3.96. The lowest BCUT2D eigenvalue weighted by Gasteiger charge is -2.26. The second kappa shape index (κ2) is 6.15. The molecule has 4 rings (SSSR count). The number of carbonyl (C=O) groups is 1. The summed E-state index contributed by atoms with van der Waals surface area (Å²) in [6.07, 6.45) is 1.68. The number of benzene rings is 2. The van der Waals surface area contributed by atoms with Gasteiger partial charge in [-0.3, -0.25) is 4.79 Å². The standard InChI is InChI=1S/C20H21FN2O2/c21-17-9-13(11-22)5-6-14(17)12-23-19(24)16-10-20(16)7-8-25-18-4-2-1-3-15(18)20/h1-6,9,16H,7-8,10-12,22H2,(H,23,24). The number of hydrogen-bond acceptors (Lipinski definition) is 3. The van der Waals surface area contributed by atoms with Crippen LogP contribution in [0.4, 0.5) is 4.39 Å². The van der Waals surface area contributed by atoms with Crippen LogP contribution in [-0.4, -0.2) is 12.5 Å². The molecule has 2 atom stereocenters. The fraction of sp³-hybridized carbons (Fsp3) is 0.350. The second-order valence-corrected chi connectivity index (χ2v) is 6.86. The van der Waals surface area contributed by atoms with Crippen LogP contribution in [0.3, 0.4) is 0 Å². The molecule has 2 aromatic rings. The minimum atomic E-state index is -0.329. The molecule has 1 aliphatic carbocycles. The predicted octanol–water partition coefficient (Wildman–Crippen LogP) is 2.64. The molecule has 1 aliphatic heterocycles. The maximum absolute atomic E-state index is 14.0. The second-order valence-electron chi connectivity index (χ2n) is 6.86. The van der Waals surface area contributed by atoms with E-state index in [0.29, 0.717) is 18.7 Å². The maximum Gasteiger partial charge on any atom is 0.224 e. The molecular formula is C20H21FN2O2. The number of ether oxygens (including phenoxy) is 1. The van der Waals surface area contributed by atoms with Crippen molar-refractivity contribution in [2.75, 3.05) is 6.61 Å². The van der Waals surface area contributed by atoms with E-state index in [4.69, 9.17) is 10.5 Å². The summed E-state index contributed by atoms with van der Waals surface area (Å²) in [6.45, 7) is 1.13. The lowest BCUT2D eigenvalue weighted by atomic mass is 9.87. The Morgan fingerprint density at radius 2 is 2.16 bits per heavy atom. The lowest BCUT2D eigenvalue weighted by Crippen LogP contribution is -2.30. The van der Waals surface area contributed by atoms with Gasteiger partial charge in [0.25, 0.3) is 0 Å². The highest BCUT2D eigenvalue weighted by Gasteiger charge is 2.60. The average Bonchev–Trinajstić information content (AvgIpc) is 3.35. The quantitative estimate of drug-likeness (QED) is 0.899. The Balaban J connectivity index is 1.44. The first-order valence-electron chi connectivity index (χ1n) is 8.61. The van der Waals surface area contributed by atoms with E-state index in [9.17, 15) is 9.18 Å². The Hall–Kier alpha value is -2.40. The van der Waals surface area contributed by atoms with Crippen molar-refractivity contribution in [1.29, 1.82) is 0 Å². The zero-order chi connectivity index (χ0) is 17.4.